The zero-order valence-corrected chi connectivity index (χ0v) is 14.3. The molecule has 1 heterocycles. The van der Waals surface area contributed by atoms with Gasteiger partial charge in [-0.3, -0.25) is 4.79 Å². The molecule has 0 aliphatic rings. The van der Waals surface area contributed by atoms with Gasteiger partial charge in [0.1, 0.15) is 4.21 Å². The molecule has 0 aromatic carbocycles. The fourth-order valence-electron chi connectivity index (χ4n) is 1.93. The minimum atomic E-state index is -3.46. The second kappa shape index (κ2) is 7.91. The highest BCUT2D eigenvalue weighted by Gasteiger charge is 2.19. The van der Waals surface area contributed by atoms with Crippen molar-refractivity contribution in [3.63, 3.8) is 0 Å². The summed E-state index contributed by atoms with van der Waals surface area (Å²) in [7, 11) is -3.46. The number of carboxylic acid groups (broad SMARTS) is 1. The van der Waals surface area contributed by atoms with Crippen molar-refractivity contribution in [2.24, 2.45) is 5.92 Å². The average Bonchev–Trinajstić information content (AvgIpc) is 2.87. The number of aryl methyl sites for hydroxylation is 1. The van der Waals surface area contributed by atoms with E-state index in [0.29, 0.717) is 23.5 Å². The maximum Gasteiger partial charge on any atom is 0.306 e. The zero-order valence-electron chi connectivity index (χ0n) is 12.6. The number of rotatable bonds is 9. The minimum Gasteiger partial charge on any atom is -0.481 e. The molecule has 0 bridgehead atoms. The molecule has 0 radical (unpaired) electrons. The van der Waals surface area contributed by atoms with Gasteiger partial charge in [-0.15, -0.1) is 11.3 Å². The van der Waals surface area contributed by atoms with E-state index in [0.717, 1.165) is 11.3 Å². The van der Waals surface area contributed by atoms with Gasteiger partial charge in [0.05, 0.1) is 5.92 Å². The predicted molar refractivity (Wildman–Crippen MR) is 84.1 cm³/mol. The van der Waals surface area contributed by atoms with Crippen LogP contribution in [0.4, 0.5) is 0 Å². The third-order valence-corrected chi connectivity index (χ3v) is 6.61. The molecule has 0 saturated carbocycles. The summed E-state index contributed by atoms with van der Waals surface area (Å²) in [6.45, 7) is 5.45. The Hall–Kier alpha value is -0.920. The number of aliphatic carboxylic acids is 1. The van der Waals surface area contributed by atoms with Crippen LogP contribution in [-0.2, 0) is 21.2 Å². The lowest BCUT2D eigenvalue weighted by Crippen LogP contribution is -2.32. The quantitative estimate of drug-likeness (QED) is 0.728. The lowest BCUT2D eigenvalue weighted by atomic mass is 10.0. The van der Waals surface area contributed by atoms with E-state index in [2.05, 4.69) is 4.72 Å². The van der Waals surface area contributed by atoms with E-state index in [1.165, 1.54) is 11.3 Å². The molecule has 2 atom stereocenters. The summed E-state index contributed by atoms with van der Waals surface area (Å²) in [5.74, 6) is -1.20. The van der Waals surface area contributed by atoms with Crippen molar-refractivity contribution in [1.82, 2.24) is 4.72 Å². The first-order valence-electron chi connectivity index (χ1n) is 7.10. The van der Waals surface area contributed by atoms with Crippen LogP contribution in [0, 0.1) is 5.92 Å². The maximum atomic E-state index is 12.2. The minimum absolute atomic E-state index is 0.205. The lowest BCUT2D eigenvalue weighted by Gasteiger charge is -2.14. The van der Waals surface area contributed by atoms with Crippen LogP contribution < -0.4 is 4.72 Å². The SMILES string of the molecule is CCc1ccc(S(=O)(=O)NC(C)CCCC(C)C(=O)O)s1. The smallest absolute Gasteiger partial charge is 0.306 e. The number of carboxylic acids is 1. The number of thiophene rings is 1. The highest BCUT2D eigenvalue weighted by Crippen LogP contribution is 2.22. The second-order valence-corrected chi connectivity index (χ2v) is 8.38. The van der Waals surface area contributed by atoms with E-state index in [-0.39, 0.29) is 6.04 Å². The molecule has 2 unspecified atom stereocenters. The molecular formula is C14H23NO4S2. The molecule has 0 amide bonds. The Labute approximate surface area is 130 Å². The first kappa shape index (κ1) is 18.1. The van der Waals surface area contributed by atoms with E-state index >= 15 is 0 Å². The molecule has 1 rings (SSSR count). The van der Waals surface area contributed by atoms with Crippen molar-refractivity contribution < 1.29 is 18.3 Å². The van der Waals surface area contributed by atoms with Crippen LogP contribution in [0.2, 0.25) is 0 Å². The largest absolute Gasteiger partial charge is 0.481 e. The molecule has 2 N–H and O–H groups in total. The zero-order chi connectivity index (χ0) is 16.0. The Balaban J connectivity index is 2.49. The predicted octanol–water partition coefficient (Wildman–Crippen LogP) is 2.87. The van der Waals surface area contributed by atoms with Crippen LogP contribution in [-0.4, -0.2) is 25.5 Å². The molecule has 0 aliphatic heterocycles. The highest BCUT2D eigenvalue weighted by atomic mass is 32.2. The Morgan fingerprint density at radius 3 is 2.52 bits per heavy atom. The van der Waals surface area contributed by atoms with Crippen LogP contribution in [0.1, 0.15) is 44.9 Å². The summed E-state index contributed by atoms with van der Waals surface area (Å²) in [4.78, 5) is 11.7. The third kappa shape index (κ3) is 5.76. The van der Waals surface area contributed by atoms with Crippen LogP contribution in [0.25, 0.3) is 0 Å². The molecule has 0 fully saturated rings. The summed E-state index contributed by atoms with van der Waals surface area (Å²) in [5, 5.41) is 8.80. The number of hydrogen-bond donors (Lipinski definition) is 2. The van der Waals surface area contributed by atoms with Crippen LogP contribution in [0.3, 0.4) is 0 Å². The van der Waals surface area contributed by atoms with Crippen molar-refractivity contribution in [3.8, 4) is 0 Å². The first-order chi connectivity index (χ1) is 9.76. The summed E-state index contributed by atoms with van der Waals surface area (Å²) in [6, 6.07) is 3.26. The van der Waals surface area contributed by atoms with Crippen LogP contribution in [0.15, 0.2) is 16.3 Å². The third-order valence-electron chi connectivity index (χ3n) is 3.30. The Kier molecular flexibility index (Phi) is 6.83. The van der Waals surface area contributed by atoms with Gasteiger partial charge in [0.25, 0.3) is 0 Å². The molecule has 5 nitrogen and oxygen atoms in total. The number of sulfonamides is 1. The summed E-state index contributed by atoms with van der Waals surface area (Å²) < 4.78 is 27.4. The van der Waals surface area contributed by atoms with Gasteiger partial charge in [0, 0.05) is 10.9 Å². The van der Waals surface area contributed by atoms with E-state index in [9.17, 15) is 13.2 Å². The average molecular weight is 333 g/mol. The second-order valence-electron chi connectivity index (χ2n) is 5.27. The Morgan fingerprint density at radius 1 is 1.33 bits per heavy atom. The lowest BCUT2D eigenvalue weighted by molar-refractivity contribution is -0.141. The fraction of sp³-hybridized carbons (Fsp3) is 0.643. The van der Waals surface area contributed by atoms with Crippen molar-refractivity contribution in [2.75, 3.05) is 0 Å². The van der Waals surface area contributed by atoms with Gasteiger partial charge in [0.15, 0.2) is 0 Å². The summed E-state index contributed by atoms with van der Waals surface area (Å²) >= 11 is 1.29. The Morgan fingerprint density at radius 2 is 2.00 bits per heavy atom. The van der Waals surface area contributed by atoms with Crippen molar-refractivity contribution >= 4 is 27.3 Å². The molecule has 0 spiro atoms. The van der Waals surface area contributed by atoms with Crippen LogP contribution in [0.5, 0.6) is 0 Å². The van der Waals surface area contributed by atoms with E-state index < -0.39 is 21.9 Å². The Bertz CT molecular complexity index is 565. The highest BCUT2D eigenvalue weighted by molar-refractivity contribution is 7.91. The summed E-state index contributed by atoms with van der Waals surface area (Å²) in [5.41, 5.74) is 0. The molecule has 0 saturated heterocycles. The number of hydrogen-bond acceptors (Lipinski definition) is 4. The van der Waals surface area contributed by atoms with E-state index in [1.54, 1.807) is 19.9 Å². The normalized spacial score (nSPS) is 14.8. The number of carbonyl (C=O) groups is 1. The molecular weight excluding hydrogens is 310 g/mol. The molecule has 21 heavy (non-hydrogen) atoms. The van der Waals surface area contributed by atoms with Crippen molar-refractivity contribution in [3.05, 3.63) is 17.0 Å². The van der Waals surface area contributed by atoms with Gasteiger partial charge >= 0.3 is 5.97 Å². The molecule has 1 aromatic rings. The van der Waals surface area contributed by atoms with Gasteiger partial charge in [0.2, 0.25) is 10.0 Å². The van der Waals surface area contributed by atoms with Crippen molar-refractivity contribution in [1.29, 1.82) is 0 Å². The van der Waals surface area contributed by atoms with Gasteiger partial charge in [-0.25, -0.2) is 13.1 Å². The topological polar surface area (TPSA) is 83.5 Å². The van der Waals surface area contributed by atoms with Gasteiger partial charge in [-0.2, -0.15) is 0 Å². The van der Waals surface area contributed by atoms with Crippen molar-refractivity contribution in [2.45, 2.75) is 56.7 Å². The molecule has 1 aromatic heterocycles. The van der Waals surface area contributed by atoms with Crippen LogP contribution >= 0.6 is 11.3 Å². The fourth-order valence-corrected chi connectivity index (χ4v) is 4.52. The van der Waals surface area contributed by atoms with E-state index in [1.807, 2.05) is 13.0 Å². The summed E-state index contributed by atoms with van der Waals surface area (Å²) in [6.07, 6.45) is 2.69. The standard InChI is InChI=1S/C14H23NO4S2/c1-4-12-8-9-13(20-12)21(18,19)15-11(3)7-5-6-10(2)14(16)17/h8-11,15H,4-7H2,1-3H3,(H,16,17). The van der Waals surface area contributed by atoms with Gasteiger partial charge in [-0.05, 0) is 38.3 Å². The maximum absolute atomic E-state index is 12.2. The van der Waals surface area contributed by atoms with Gasteiger partial charge in [-0.1, -0.05) is 20.3 Å². The number of nitrogens with one attached hydrogen (secondary N) is 1. The monoisotopic (exact) mass is 333 g/mol. The molecule has 0 aliphatic carbocycles. The van der Waals surface area contributed by atoms with E-state index in [4.69, 9.17) is 5.11 Å². The first-order valence-corrected chi connectivity index (χ1v) is 9.40. The van der Waals surface area contributed by atoms with Gasteiger partial charge < -0.3 is 5.11 Å². The molecule has 7 heteroatoms. The molecule has 120 valence electrons.